The zero-order chi connectivity index (χ0) is 12.3. The minimum absolute atomic E-state index is 0.113. The van der Waals surface area contributed by atoms with Gasteiger partial charge in [0.25, 0.3) is 0 Å². The van der Waals surface area contributed by atoms with E-state index in [0.29, 0.717) is 5.13 Å². The van der Waals surface area contributed by atoms with Gasteiger partial charge in [0.05, 0.1) is 11.1 Å². The second-order valence-electron chi connectivity index (χ2n) is 4.66. The van der Waals surface area contributed by atoms with Gasteiger partial charge in [0, 0.05) is 11.9 Å². The smallest absolute Gasteiger partial charge is 0.233 e. The fraction of sp³-hybridized carbons (Fsp3) is 0.667. The van der Waals surface area contributed by atoms with E-state index in [-0.39, 0.29) is 11.3 Å². The highest BCUT2D eigenvalue weighted by Crippen LogP contribution is 2.31. The quantitative estimate of drug-likeness (QED) is 0.868. The first-order valence-corrected chi connectivity index (χ1v) is 6.98. The summed E-state index contributed by atoms with van der Waals surface area (Å²) in [6, 6.07) is 0. The van der Waals surface area contributed by atoms with Gasteiger partial charge in [-0.1, -0.05) is 6.92 Å². The molecule has 1 aromatic heterocycles. The van der Waals surface area contributed by atoms with Crippen LogP contribution in [0.25, 0.3) is 0 Å². The first kappa shape index (κ1) is 12.5. The fourth-order valence-electron chi connectivity index (χ4n) is 2.27. The van der Waals surface area contributed by atoms with Crippen LogP contribution in [-0.2, 0) is 4.79 Å². The van der Waals surface area contributed by atoms with E-state index in [1.165, 1.54) is 11.3 Å². The number of hydrogen-bond donors (Lipinski definition) is 2. The second kappa shape index (κ2) is 5.14. The van der Waals surface area contributed by atoms with Crippen molar-refractivity contribution >= 4 is 22.4 Å². The van der Waals surface area contributed by atoms with E-state index in [2.05, 4.69) is 22.5 Å². The van der Waals surface area contributed by atoms with Crippen LogP contribution in [0.15, 0.2) is 5.38 Å². The lowest BCUT2D eigenvalue weighted by atomic mass is 9.77. The number of thiazole rings is 1. The molecule has 0 aliphatic carbocycles. The van der Waals surface area contributed by atoms with Crippen LogP contribution in [-0.4, -0.2) is 24.0 Å². The lowest BCUT2D eigenvalue weighted by Crippen LogP contribution is -2.47. The van der Waals surface area contributed by atoms with Gasteiger partial charge in [0.2, 0.25) is 5.91 Å². The van der Waals surface area contributed by atoms with Crippen molar-refractivity contribution in [2.45, 2.75) is 33.1 Å². The van der Waals surface area contributed by atoms with Crippen molar-refractivity contribution in [3.8, 4) is 0 Å². The summed E-state index contributed by atoms with van der Waals surface area (Å²) >= 11 is 1.49. The summed E-state index contributed by atoms with van der Waals surface area (Å²) in [6.45, 7) is 5.81. The van der Waals surface area contributed by atoms with E-state index in [0.717, 1.165) is 38.0 Å². The highest BCUT2D eigenvalue weighted by molar-refractivity contribution is 7.13. The number of aryl methyl sites for hydroxylation is 1. The number of nitrogens with zero attached hydrogens (tertiary/aromatic N) is 1. The summed E-state index contributed by atoms with van der Waals surface area (Å²) in [4.78, 5) is 16.6. The molecule has 1 aromatic rings. The standard InChI is InChI=1S/C12H19N3OS/c1-3-12(5-4-6-13-8-12)10(16)15-11-14-9(2)7-17-11/h7,13H,3-6,8H2,1-2H3,(H,14,15,16). The number of amides is 1. The number of hydrogen-bond acceptors (Lipinski definition) is 4. The normalized spacial score (nSPS) is 24.6. The minimum atomic E-state index is -0.252. The third-order valence-electron chi connectivity index (χ3n) is 3.47. The Hall–Kier alpha value is -0.940. The van der Waals surface area contributed by atoms with Gasteiger partial charge in [-0.2, -0.15) is 0 Å². The van der Waals surface area contributed by atoms with Crippen molar-refractivity contribution in [3.05, 3.63) is 11.1 Å². The van der Waals surface area contributed by atoms with Gasteiger partial charge in [-0.25, -0.2) is 4.98 Å². The number of anilines is 1. The molecule has 5 heteroatoms. The molecule has 1 aliphatic heterocycles. The van der Waals surface area contributed by atoms with E-state index in [1.807, 2.05) is 12.3 Å². The lowest BCUT2D eigenvalue weighted by Gasteiger charge is -2.35. The van der Waals surface area contributed by atoms with Crippen molar-refractivity contribution in [1.82, 2.24) is 10.3 Å². The zero-order valence-corrected chi connectivity index (χ0v) is 11.2. The summed E-state index contributed by atoms with van der Waals surface area (Å²) in [5.74, 6) is 0.113. The summed E-state index contributed by atoms with van der Waals surface area (Å²) in [5, 5.41) is 8.94. The third-order valence-corrected chi connectivity index (χ3v) is 4.35. The van der Waals surface area contributed by atoms with E-state index >= 15 is 0 Å². The SMILES string of the molecule is CCC1(C(=O)Nc2nc(C)cs2)CCCNC1. The predicted molar refractivity (Wildman–Crippen MR) is 70.3 cm³/mol. The Labute approximate surface area is 106 Å². The molecule has 0 aromatic carbocycles. The minimum Gasteiger partial charge on any atom is -0.316 e. The second-order valence-corrected chi connectivity index (χ2v) is 5.52. The molecule has 1 amide bonds. The molecule has 1 saturated heterocycles. The van der Waals surface area contributed by atoms with Crippen LogP contribution < -0.4 is 10.6 Å². The van der Waals surface area contributed by atoms with Crippen LogP contribution in [0.4, 0.5) is 5.13 Å². The van der Waals surface area contributed by atoms with Crippen LogP contribution in [0.1, 0.15) is 31.9 Å². The number of nitrogens with one attached hydrogen (secondary N) is 2. The van der Waals surface area contributed by atoms with E-state index in [9.17, 15) is 4.79 Å². The molecule has 0 radical (unpaired) electrons. The number of carbonyl (C=O) groups excluding carboxylic acids is 1. The molecule has 4 nitrogen and oxygen atoms in total. The van der Waals surface area contributed by atoms with Crippen LogP contribution in [0.3, 0.4) is 0 Å². The molecule has 1 aliphatic rings. The Kier molecular flexibility index (Phi) is 3.79. The van der Waals surface area contributed by atoms with Gasteiger partial charge in [0.15, 0.2) is 5.13 Å². The Morgan fingerprint density at radius 3 is 3.06 bits per heavy atom. The highest BCUT2D eigenvalue weighted by atomic mass is 32.1. The van der Waals surface area contributed by atoms with Gasteiger partial charge in [-0.15, -0.1) is 11.3 Å². The van der Waals surface area contributed by atoms with Crippen LogP contribution in [0, 0.1) is 12.3 Å². The van der Waals surface area contributed by atoms with Gasteiger partial charge >= 0.3 is 0 Å². The van der Waals surface area contributed by atoms with E-state index in [1.54, 1.807) is 0 Å². The van der Waals surface area contributed by atoms with Gasteiger partial charge in [0.1, 0.15) is 0 Å². The molecule has 2 rings (SSSR count). The Morgan fingerprint density at radius 2 is 2.53 bits per heavy atom. The number of piperidine rings is 1. The van der Waals surface area contributed by atoms with Crippen molar-refractivity contribution in [3.63, 3.8) is 0 Å². The number of aromatic nitrogens is 1. The summed E-state index contributed by atoms with van der Waals surface area (Å²) < 4.78 is 0. The van der Waals surface area contributed by atoms with Crippen molar-refractivity contribution in [2.24, 2.45) is 5.41 Å². The average Bonchev–Trinajstić information content (AvgIpc) is 2.75. The largest absolute Gasteiger partial charge is 0.316 e. The summed E-state index contributed by atoms with van der Waals surface area (Å²) in [5.41, 5.74) is 0.704. The van der Waals surface area contributed by atoms with E-state index in [4.69, 9.17) is 0 Å². The first-order chi connectivity index (χ1) is 8.16. The molecule has 0 bridgehead atoms. The molecule has 0 saturated carbocycles. The van der Waals surface area contributed by atoms with Crippen LogP contribution >= 0.6 is 11.3 Å². The summed E-state index contributed by atoms with van der Waals surface area (Å²) in [7, 11) is 0. The van der Waals surface area contributed by atoms with E-state index < -0.39 is 0 Å². The first-order valence-electron chi connectivity index (χ1n) is 6.10. The van der Waals surface area contributed by atoms with Gasteiger partial charge in [-0.05, 0) is 32.7 Å². The molecule has 2 heterocycles. The molecule has 0 spiro atoms. The van der Waals surface area contributed by atoms with Gasteiger partial charge < -0.3 is 10.6 Å². The van der Waals surface area contributed by atoms with Crippen molar-refractivity contribution < 1.29 is 4.79 Å². The zero-order valence-electron chi connectivity index (χ0n) is 10.4. The van der Waals surface area contributed by atoms with Crippen molar-refractivity contribution in [1.29, 1.82) is 0 Å². The highest BCUT2D eigenvalue weighted by Gasteiger charge is 2.38. The number of rotatable bonds is 3. The molecular weight excluding hydrogens is 234 g/mol. The third kappa shape index (κ3) is 2.66. The maximum atomic E-state index is 12.3. The maximum Gasteiger partial charge on any atom is 0.233 e. The summed E-state index contributed by atoms with van der Waals surface area (Å²) in [6.07, 6.45) is 2.90. The topological polar surface area (TPSA) is 54.0 Å². The molecule has 1 atom stereocenters. The Bertz CT molecular complexity index is 396. The van der Waals surface area contributed by atoms with Crippen molar-refractivity contribution in [2.75, 3.05) is 18.4 Å². The average molecular weight is 253 g/mol. The number of carbonyl (C=O) groups is 1. The monoisotopic (exact) mass is 253 g/mol. The van der Waals surface area contributed by atoms with Crippen LogP contribution in [0.5, 0.6) is 0 Å². The molecular formula is C12H19N3OS. The molecule has 17 heavy (non-hydrogen) atoms. The Morgan fingerprint density at radius 1 is 1.71 bits per heavy atom. The molecule has 2 N–H and O–H groups in total. The Balaban J connectivity index is 2.07. The molecule has 1 fully saturated rings. The lowest BCUT2D eigenvalue weighted by molar-refractivity contribution is -0.126. The van der Waals surface area contributed by atoms with Gasteiger partial charge in [-0.3, -0.25) is 4.79 Å². The molecule has 94 valence electrons. The van der Waals surface area contributed by atoms with Crippen LogP contribution in [0.2, 0.25) is 0 Å². The molecule has 1 unspecified atom stereocenters. The fourth-order valence-corrected chi connectivity index (χ4v) is 2.95. The maximum absolute atomic E-state index is 12.3. The predicted octanol–water partition coefficient (Wildman–Crippen LogP) is 2.17.